The van der Waals surface area contributed by atoms with E-state index in [1.54, 1.807) is 0 Å². The van der Waals surface area contributed by atoms with E-state index in [0.717, 1.165) is 77.9 Å². The lowest BCUT2D eigenvalue weighted by Gasteiger charge is -2.28. The van der Waals surface area contributed by atoms with Crippen LogP contribution in [0.5, 0.6) is 0 Å². The van der Waals surface area contributed by atoms with Crippen LogP contribution >= 0.6 is 0 Å². The molecule has 0 aliphatic rings. The smallest absolute Gasteiger partial charge is 0.227 e. The molecule has 61 heavy (non-hydrogen) atoms. The Bertz CT molecular complexity index is 3570. The molecule has 0 fully saturated rings. The third-order valence-electron chi connectivity index (χ3n) is 11.9. The molecule has 0 atom stereocenters. The Balaban J connectivity index is 1.03. The van der Waals surface area contributed by atoms with Gasteiger partial charge in [0.25, 0.3) is 0 Å². The Kier molecular flexibility index (Phi) is 8.13. The van der Waals surface area contributed by atoms with Crippen molar-refractivity contribution in [2.45, 2.75) is 0 Å². The van der Waals surface area contributed by atoms with Gasteiger partial charge in [-0.2, -0.15) is 0 Å². The first-order valence-electron chi connectivity index (χ1n) is 20.6. The standard InChI is InChI=1S/C57H36N2O2/c1-3-15-37(16-4-1)45-21-11-13-25-51(45)59(42-31-27-38(28-32-42)49-35-41-19-7-8-20-44(41)46-22-9-10-23-47(46)49)43-33-29-39(30-34-43)54-55-48-24-12-14-26-52(48)60-53(55)36-50-56(54)61-57(58-50)40-17-5-2-6-18-40/h1-36H. The fraction of sp³-hybridized carbons (Fsp3) is 0. The Morgan fingerprint density at radius 3 is 1.70 bits per heavy atom. The number of fused-ring (bicyclic) bond motifs is 7. The number of oxazole rings is 1. The number of nitrogens with zero attached hydrogens (tertiary/aromatic N) is 2. The largest absolute Gasteiger partial charge is 0.456 e. The van der Waals surface area contributed by atoms with Gasteiger partial charge in [-0.05, 0) is 98.4 Å². The van der Waals surface area contributed by atoms with Gasteiger partial charge in [-0.25, -0.2) is 4.98 Å². The number of rotatable bonds is 7. The quantitative estimate of drug-likeness (QED) is 0.151. The zero-order chi connectivity index (χ0) is 40.3. The molecule has 0 unspecified atom stereocenters. The second-order valence-corrected chi connectivity index (χ2v) is 15.5. The molecule has 0 aliphatic carbocycles. The molecule has 0 spiro atoms. The second-order valence-electron chi connectivity index (χ2n) is 15.5. The monoisotopic (exact) mass is 780 g/mol. The normalized spacial score (nSPS) is 11.6. The van der Waals surface area contributed by atoms with Crippen LogP contribution in [-0.4, -0.2) is 4.98 Å². The van der Waals surface area contributed by atoms with E-state index in [2.05, 4.69) is 175 Å². The number of para-hydroxylation sites is 2. The zero-order valence-electron chi connectivity index (χ0n) is 33.0. The molecule has 4 nitrogen and oxygen atoms in total. The van der Waals surface area contributed by atoms with Crippen LogP contribution in [0.2, 0.25) is 0 Å². The Labute approximate surface area is 352 Å². The fourth-order valence-electron chi connectivity index (χ4n) is 9.07. The van der Waals surface area contributed by atoms with Gasteiger partial charge in [-0.15, -0.1) is 0 Å². The van der Waals surface area contributed by atoms with Crippen molar-refractivity contribution in [3.8, 4) is 44.8 Å². The van der Waals surface area contributed by atoms with Gasteiger partial charge in [0.05, 0.1) is 5.69 Å². The molecule has 12 rings (SSSR count). The van der Waals surface area contributed by atoms with Crippen LogP contribution in [0.15, 0.2) is 227 Å². The lowest BCUT2D eigenvalue weighted by Crippen LogP contribution is -2.11. The van der Waals surface area contributed by atoms with Crippen LogP contribution in [-0.2, 0) is 0 Å². The summed E-state index contributed by atoms with van der Waals surface area (Å²) in [6.45, 7) is 0. The van der Waals surface area contributed by atoms with Crippen molar-refractivity contribution >= 4 is 71.6 Å². The van der Waals surface area contributed by atoms with Crippen LogP contribution in [0.4, 0.5) is 17.1 Å². The highest BCUT2D eigenvalue weighted by Gasteiger charge is 2.23. The first kappa shape index (κ1) is 34.8. The average Bonchev–Trinajstić information content (AvgIpc) is 3.93. The van der Waals surface area contributed by atoms with Gasteiger partial charge >= 0.3 is 0 Å². The molecule has 0 saturated heterocycles. The summed E-state index contributed by atoms with van der Waals surface area (Å²) in [5, 5.41) is 7.05. The van der Waals surface area contributed by atoms with Gasteiger partial charge in [0.15, 0.2) is 5.58 Å². The average molecular weight is 781 g/mol. The van der Waals surface area contributed by atoms with Crippen molar-refractivity contribution in [2.75, 3.05) is 4.90 Å². The molecular weight excluding hydrogens is 745 g/mol. The molecule has 2 aromatic heterocycles. The Morgan fingerprint density at radius 1 is 0.377 bits per heavy atom. The highest BCUT2D eigenvalue weighted by molar-refractivity contribution is 6.19. The van der Waals surface area contributed by atoms with Crippen molar-refractivity contribution in [3.63, 3.8) is 0 Å². The van der Waals surface area contributed by atoms with Crippen molar-refractivity contribution in [1.82, 2.24) is 4.98 Å². The lowest BCUT2D eigenvalue weighted by atomic mass is 9.93. The van der Waals surface area contributed by atoms with Gasteiger partial charge in [-0.1, -0.05) is 158 Å². The number of hydrogen-bond donors (Lipinski definition) is 0. The van der Waals surface area contributed by atoms with E-state index in [9.17, 15) is 0 Å². The molecule has 0 saturated carbocycles. The Hall–Kier alpha value is -8.21. The third kappa shape index (κ3) is 5.88. The predicted octanol–water partition coefficient (Wildman–Crippen LogP) is 16.2. The predicted molar refractivity (Wildman–Crippen MR) is 253 cm³/mol. The van der Waals surface area contributed by atoms with Gasteiger partial charge < -0.3 is 13.7 Å². The van der Waals surface area contributed by atoms with Gasteiger partial charge in [0.2, 0.25) is 5.89 Å². The van der Waals surface area contributed by atoms with Crippen molar-refractivity contribution in [3.05, 3.63) is 218 Å². The summed E-state index contributed by atoms with van der Waals surface area (Å²) in [5.41, 5.74) is 13.8. The van der Waals surface area contributed by atoms with Gasteiger partial charge in [0.1, 0.15) is 16.7 Å². The maximum absolute atomic E-state index is 6.68. The molecule has 0 bridgehead atoms. The topological polar surface area (TPSA) is 42.4 Å². The minimum absolute atomic E-state index is 0.578. The number of furan rings is 1. The van der Waals surface area contributed by atoms with Crippen LogP contribution < -0.4 is 4.90 Å². The first-order valence-corrected chi connectivity index (χ1v) is 20.6. The number of anilines is 3. The van der Waals surface area contributed by atoms with Crippen LogP contribution in [0.25, 0.3) is 99.4 Å². The summed E-state index contributed by atoms with van der Waals surface area (Å²) < 4.78 is 13.1. The van der Waals surface area contributed by atoms with E-state index in [0.29, 0.717) is 5.89 Å². The molecule has 0 radical (unpaired) electrons. The fourth-order valence-corrected chi connectivity index (χ4v) is 9.07. The molecule has 0 amide bonds. The summed E-state index contributed by atoms with van der Waals surface area (Å²) >= 11 is 0. The van der Waals surface area contributed by atoms with Crippen LogP contribution in [0.3, 0.4) is 0 Å². The number of hydrogen-bond acceptors (Lipinski definition) is 4. The summed E-state index contributed by atoms with van der Waals surface area (Å²) in [7, 11) is 0. The van der Waals surface area contributed by atoms with E-state index >= 15 is 0 Å². The van der Waals surface area contributed by atoms with E-state index < -0.39 is 0 Å². The molecule has 2 heterocycles. The maximum Gasteiger partial charge on any atom is 0.227 e. The Morgan fingerprint density at radius 2 is 0.951 bits per heavy atom. The molecule has 12 aromatic rings. The van der Waals surface area contributed by atoms with Gasteiger partial charge in [0, 0.05) is 44.9 Å². The van der Waals surface area contributed by atoms with Crippen LogP contribution in [0.1, 0.15) is 0 Å². The molecule has 4 heteroatoms. The summed E-state index contributed by atoms with van der Waals surface area (Å²) in [4.78, 5) is 7.34. The minimum atomic E-state index is 0.578. The number of benzene rings is 10. The highest BCUT2D eigenvalue weighted by Crippen LogP contribution is 2.46. The highest BCUT2D eigenvalue weighted by atomic mass is 16.4. The lowest BCUT2D eigenvalue weighted by molar-refractivity contribution is 0.621. The molecule has 10 aromatic carbocycles. The van der Waals surface area contributed by atoms with E-state index in [-0.39, 0.29) is 0 Å². The van der Waals surface area contributed by atoms with E-state index in [4.69, 9.17) is 13.8 Å². The van der Waals surface area contributed by atoms with E-state index in [1.165, 1.54) is 32.7 Å². The molecule has 286 valence electrons. The summed E-state index contributed by atoms with van der Waals surface area (Å²) in [6.07, 6.45) is 0. The molecule has 0 aliphatic heterocycles. The zero-order valence-corrected chi connectivity index (χ0v) is 33.0. The summed E-state index contributed by atoms with van der Waals surface area (Å²) in [6, 6.07) is 77.1. The first-order chi connectivity index (χ1) is 30.2. The van der Waals surface area contributed by atoms with E-state index in [1.807, 2.05) is 48.5 Å². The second kappa shape index (κ2) is 14.3. The third-order valence-corrected chi connectivity index (χ3v) is 11.9. The molecular formula is C57H36N2O2. The maximum atomic E-state index is 6.68. The van der Waals surface area contributed by atoms with Crippen LogP contribution in [0, 0.1) is 0 Å². The van der Waals surface area contributed by atoms with Crippen molar-refractivity contribution in [1.29, 1.82) is 0 Å². The van der Waals surface area contributed by atoms with Crippen molar-refractivity contribution in [2.24, 2.45) is 0 Å². The van der Waals surface area contributed by atoms with Crippen molar-refractivity contribution < 1.29 is 8.83 Å². The minimum Gasteiger partial charge on any atom is -0.456 e. The SMILES string of the molecule is c1ccc(-c2nc3cc4oc5ccccc5c4c(-c4ccc(N(c5ccc(-c6cc7ccccc7c7ccccc67)cc5)c5ccccc5-c5ccccc5)cc4)c3o2)cc1. The molecule has 0 N–H and O–H groups in total. The summed E-state index contributed by atoms with van der Waals surface area (Å²) in [5.74, 6) is 0.578. The number of aromatic nitrogens is 1. The van der Waals surface area contributed by atoms with Gasteiger partial charge in [-0.3, -0.25) is 0 Å².